The fraction of sp³-hybridized carbons (Fsp3) is 0.240. The number of aromatic hydroxyl groups is 2. The number of allylic oxidation sites excluding steroid dienone is 5. The Balaban J connectivity index is 0. The lowest BCUT2D eigenvalue weighted by molar-refractivity contribution is -0.111. The molecule has 0 fully saturated rings. The van der Waals surface area contributed by atoms with E-state index in [1.165, 1.54) is 6.08 Å². The normalized spacial score (nSPS) is 11.1. The molecule has 0 spiro atoms. The smallest absolute Gasteiger partial charge is 0.185 e. The van der Waals surface area contributed by atoms with Gasteiger partial charge in [-0.2, -0.15) is 0 Å². The first kappa shape index (κ1) is 27.2. The summed E-state index contributed by atoms with van der Waals surface area (Å²) in [5.41, 5.74) is 2.59. The molecule has 0 amide bonds. The van der Waals surface area contributed by atoms with E-state index >= 15 is 0 Å². The van der Waals surface area contributed by atoms with Crippen molar-refractivity contribution >= 4 is 5.78 Å². The van der Waals surface area contributed by atoms with Crippen molar-refractivity contribution in [2.75, 3.05) is 0 Å². The van der Waals surface area contributed by atoms with Crippen LogP contribution >= 0.6 is 0 Å². The molecule has 1 aliphatic rings. The van der Waals surface area contributed by atoms with E-state index in [1.54, 1.807) is 30.4 Å². The van der Waals surface area contributed by atoms with Gasteiger partial charge in [-0.05, 0) is 42.2 Å². The van der Waals surface area contributed by atoms with Crippen LogP contribution in [0.2, 0.25) is 0 Å². The lowest BCUT2D eigenvalue weighted by Crippen LogP contribution is -1.95. The van der Waals surface area contributed by atoms with Crippen LogP contribution in [-0.4, -0.2) is 16.0 Å². The molecule has 0 heterocycles. The van der Waals surface area contributed by atoms with Crippen LogP contribution in [0.1, 0.15) is 39.8 Å². The van der Waals surface area contributed by atoms with Crippen molar-refractivity contribution in [1.82, 2.24) is 0 Å². The van der Waals surface area contributed by atoms with Crippen LogP contribution in [0.5, 0.6) is 11.5 Å². The van der Waals surface area contributed by atoms with Gasteiger partial charge < -0.3 is 10.2 Å². The second-order valence-corrected chi connectivity index (χ2v) is 5.57. The fourth-order valence-corrected chi connectivity index (χ4v) is 2.12. The van der Waals surface area contributed by atoms with Crippen LogP contribution in [0, 0.1) is 0 Å². The highest BCUT2D eigenvalue weighted by Crippen LogP contribution is 2.15. The van der Waals surface area contributed by atoms with Crippen LogP contribution in [0.3, 0.4) is 0 Å². The Hall–Kier alpha value is -3.07. The van der Waals surface area contributed by atoms with Gasteiger partial charge in [-0.25, -0.2) is 0 Å². The van der Waals surface area contributed by atoms with E-state index in [0.717, 1.165) is 24.0 Å². The van der Waals surface area contributed by atoms with Gasteiger partial charge in [-0.3, -0.25) is 4.79 Å². The molecule has 0 aliphatic heterocycles. The molecule has 3 heteroatoms. The number of rotatable bonds is 2. The molecule has 0 unspecified atom stereocenters. The molecule has 0 saturated heterocycles. The van der Waals surface area contributed by atoms with E-state index in [4.69, 9.17) is 10.2 Å². The summed E-state index contributed by atoms with van der Waals surface area (Å²) in [5.74, 6) is 0.813. The number of benzene rings is 2. The van der Waals surface area contributed by atoms with E-state index in [-0.39, 0.29) is 20.6 Å². The lowest BCUT2D eigenvalue weighted by atomic mass is 10.1. The number of phenolic OH excluding ortho intramolecular Hbond substituents is 2. The molecule has 0 radical (unpaired) electrons. The van der Waals surface area contributed by atoms with Crippen LogP contribution in [0.4, 0.5) is 0 Å². The number of hydrogen-bond acceptors (Lipinski definition) is 3. The molecule has 0 saturated carbocycles. The Morgan fingerprint density at radius 2 is 1.14 bits per heavy atom. The van der Waals surface area contributed by atoms with Gasteiger partial charge >= 0.3 is 0 Å². The fourth-order valence-electron chi connectivity index (χ4n) is 2.12. The molecular formula is C25H34O3. The van der Waals surface area contributed by atoms with Gasteiger partial charge in [0.15, 0.2) is 5.78 Å². The quantitative estimate of drug-likeness (QED) is 0.589. The Bertz CT molecular complexity index is 718. The minimum absolute atomic E-state index is 0. The second kappa shape index (κ2) is 15.0. The summed E-state index contributed by atoms with van der Waals surface area (Å²) >= 11 is 0. The van der Waals surface area contributed by atoms with Crippen LogP contribution in [-0.2, 0) is 17.6 Å². The molecular weight excluding hydrogens is 348 g/mol. The molecule has 2 aromatic carbocycles. The highest BCUT2D eigenvalue weighted by atomic mass is 16.3. The van der Waals surface area contributed by atoms with Crippen molar-refractivity contribution in [3.63, 3.8) is 0 Å². The zero-order valence-corrected chi connectivity index (χ0v) is 15.4. The largest absolute Gasteiger partial charge is 0.508 e. The van der Waals surface area contributed by atoms with Gasteiger partial charge in [-0.15, -0.1) is 0 Å². The summed E-state index contributed by atoms with van der Waals surface area (Å²) in [6.07, 6.45) is 8.49. The Morgan fingerprint density at radius 3 is 1.39 bits per heavy atom. The summed E-state index contributed by atoms with van der Waals surface area (Å²) in [5, 5.41) is 18.2. The number of phenols is 2. The Kier molecular flexibility index (Phi) is 14.6. The maximum Gasteiger partial charge on any atom is 0.185 e. The van der Waals surface area contributed by atoms with Crippen molar-refractivity contribution < 1.29 is 15.0 Å². The highest BCUT2D eigenvalue weighted by molar-refractivity contribution is 6.06. The summed E-state index contributed by atoms with van der Waals surface area (Å²) in [6.45, 7) is 7.55. The predicted octanol–water partition coefficient (Wildman–Crippen LogP) is 6.42. The third kappa shape index (κ3) is 9.58. The summed E-state index contributed by atoms with van der Waals surface area (Å²) < 4.78 is 0. The first-order valence-corrected chi connectivity index (χ1v) is 8.61. The molecule has 3 rings (SSSR count). The number of ketones is 1. The van der Waals surface area contributed by atoms with Gasteiger partial charge in [0, 0.05) is 5.57 Å². The Morgan fingerprint density at radius 1 is 0.750 bits per heavy atom. The number of carbonyl (C=O) groups is 1. The third-order valence-corrected chi connectivity index (χ3v) is 3.72. The highest BCUT2D eigenvalue weighted by Gasteiger charge is 1.99. The van der Waals surface area contributed by atoms with Crippen molar-refractivity contribution in [1.29, 1.82) is 0 Å². The molecule has 2 aromatic rings. The van der Waals surface area contributed by atoms with Gasteiger partial charge in [0.1, 0.15) is 11.5 Å². The molecule has 3 nitrogen and oxygen atoms in total. The maximum atomic E-state index is 10.6. The van der Waals surface area contributed by atoms with Crippen molar-refractivity contribution in [2.45, 2.75) is 41.5 Å². The van der Waals surface area contributed by atoms with Crippen LogP contribution in [0.15, 0.2) is 85.0 Å². The number of para-hydroxylation sites is 2. The summed E-state index contributed by atoms with van der Waals surface area (Å²) in [4.78, 5) is 10.6. The average Bonchev–Trinajstić information content (AvgIpc) is 2.66. The minimum atomic E-state index is 0. The van der Waals surface area contributed by atoms with Crippen molar-refractivity contribution in [3.8, 4) is 11.5 Å². The summed E-state index contributed by atoms with van der Waals surface area (Å²) in [7, 11) is 0. The zero-order valence-electron chi connectivity index (χ0n) is 15.4. The van der Waals surface area contributed by atoms with Crippen LogP contribution < -0.4 is 0 Å². The van der Waals surface area contributed by atoms with Gasteiger partial charge in [0.2, 0.25) is 0 Å². The minimum Gasteiger partial charge on any atom is -0.508 e. The number of hydrogen-bond donors (Lipinski definition) is 2. The molecule has 0 aromatic heterocycles. The molecule has 28 heavy (non-hydrogen) atoms. The van der Waals surface area contributed by atoms with E-state index in [0.29, 0.717) is 17.1 Å². The number of carbonyl (C=O) groups excluding carboxylic acids is 1. The lowest BCUT2D eigenvalue weighted by Gasteiger charge is -1.97. The molecule has 2 N–H and O–H groups in total. The van der Waals surface area contributed by atoms with E-state index in [2.05, 4.69) is 6.58 Å². The molecule has 1 aliphatic carbocycles. The van der Waals surface area contributed by atoms with Crippen LogP contribution in [0.25, 0.3) is 0 Å². The first-order valence-electron chi connectivity index (χ1n) is 8.61. The SMILES string of the molecule is C.C.C=C1C=CC=CC1=O.CCc1ccccc1O.CCc1ccccc1O. The molecule has 0 bridgehead atoms. The van der Waals surface area contributed by atoms with Crippen molar-refractivity contribution in [2.24, 2.45) is 0 Å². The van der Waals surface area contributed by atoms with Gasteiger partial charge in [0.05, 0.1) is 0 Å². The standard InChI is InChI=1S/2C8H10O.C7H6O.2CH4/c2*1-2-7-5-3-4-6-8(7)9;1-6-4-2-3-5-7(6)8;;/h2*3-6,9H,2H2,1H3;2-5H,1H2;2*1H4. The topological polar surface area (TPSA) is 57.5 Å². The van der Waals surface area contributed by atoms with E-state index in [9.17, 15) is 4.79 Å². The van der Waals surface area contributed by atoms with E-state index < -0.39 is 0 Å². The average molecular weight is 383 g/mol. The Labute approximate surface area is 170 Å². The van der Waals surface area contributed by atoms with Gasteiger partial charge in [0.25, 0.3) is 0 Å². The molecule has 152 valence electrons. The summed E-state index contributed by atoms with van der Waals surface area (Å²) in [6, 6.07) is 14.8. The van der Waals surface area contributed by atoms with Gasteiger partial charge in [-0.1, -0.05) is 89.9 Å². The van der Waals surface area contributed by atoms with Crippen molar-refractivity contribution in [3.05, 3.63) is 96.1 Å². The monoisotopic (exact) mass is 382 g/mol. The predicted molar refractivity (Wildman–Crippen MR) is 121 cm³/mol. The third-order valence-electron chi connectivity index (χ3n) is 3.72. The number of aryl methyl sites for hydroxylation is 2. The zero-order chi connectivity index (χ0) is 19.4. The molecule has 0 atom stereocenters. The first-order chi connectivity index (χ1) is 12.5. The maximum absolute atomic E-state index is 10.6. The van der Waals surface area contributed by atoms with E-state index in [1.807, 2.05) is 50.2 Å². The second-order valence-electron chi connectivity index (χ2n) is 5.57.